The molecule has 0 aliphatic carbocycles. The van der Waals surface area contributed by atoms with Crippen LogP contribution in [-0.2, 0) is 6.42 Å². The van der Waals surface area contributed by atoms with Crippen molar-refractivity contribution in [2.24, 2.45) is 0 Å². The summed E-state index contributed by atoms with van der Waals surface area (Å²) in [6.45, 7) is 0.677. The van der Waals surface area contributed by atoms with Gasteiger partial charge in [0.05, 0.1) is 17.1 Å². The monoisotopic (exact) mass is 413 g/mol. The summed E-state index contributed by atoms with van der Waals surface area (Å²) < 4.78 is 21.7. The number of halogens is 3. The van der Waals surface area contributed by atoms with Crippen molar-refractivity contribution in [3.63, 3.8) is 0 Å². The Bertz CT molecular complexity index is 690. The maximum atomic E-state index is 14.4. The first kappa shape index (κ1) is 15.0. The minimum absolute atomic E-state index is 0.247. The summed E-state index contributed by atoms with van der Waals surface area (Å²) in [5.41, 5.74) is 2.72. The lowest BCUT2D eigenvalue weighted by molar-refractivity contribution is 0.350. The van der Waals surface area contributed by atoms with E-state index in [1.165, 1.54) is 0 Å². The van der Waals surface area contributed by atoms with Gasteiger partial charge < -0.3 is 10.1 Å². The van der Waals surface area contributed by atoms with E-state index >= 15 is 0 Å². The summed E-state index contributed by atoms with van der Waals surface area (Å²) in [6.07, 6.45) is 0.888. The molecule has 1 N–H and O–H groups in total. The molecule has 110 valence electrons. The number of ether oxygens (including phenoxy) is 1. The van der Waals surface area contributed by atoms with Crippen LogP contribution in [0.2, 0.25) is 0 Å². The van der Waals surface area contributed by atoms with Gasteiger partial charge in [-0.25, -0.2) is 4.39 Å². The Balaban J connectivity index is 2.15. The van der Waals surface area contributed by atoms with E-state index in [-0.39, 0.29) is 11.9 Å². The lowest BCUT2D eigenvalue weighted by atomic mass is 9.95. The SMILES string of the molecule is CNC(c1cccc(Br)c1F)c1cc(Br)cc2c1OCC2. The molecule has 2 aromatic rings. The van der Waals surface area contributed by atoms with E-state index in [0.29, 0.717) is 16.6 Å². The third kappa shape index (κ3) is 2.74. The molecule has 0 radical (unpaired) electrons. The standard InChI is InChI=1S/C16H14Br2FNO/c1-20-15(11-3-2-4-13(18)14(11)19)12-8-10(17)7-9-5-6-21-16(9)12/h2-4,7-8,15,20H,5-6H2,1H3. The molecule has 1 atom stereocenters. The van der Waals surface area contributed by atoms with Crippen LogP contribution in [0.25, 0.3) is 0 Å². The Morgan fingerprint density at radius 1 is 1.24 bits per heavy atom. The van der Waals surface area contributed by atoms with E-state index in [4.69, 9.17) is 4.74 Å². The first-order valence-electron chi connectivity index (χ1n) is 6.68. The van der Waals surface area contributed by atoms with Crippen LogP contribution >= 0.6 is 31.9 Å². The first-order chi connectivity index (χ1) is 10.1. The Morgan fingerprint density at radius 3 is 2.81 bits per heavy atom. The highest BCUT2D eigenvalue weighted by atomic mass is 79.9. The number of benzene rings is 2. The zero-order valence-electron chi connectivity index (χ0n) is 11.4. The molecule has 0 fully saturated rings. The summed E-state index contributed by atoms with van der Waals surface area (Å²) in [7, 11) is 1.83. The minimum atomic E-state index is -0.258. The molecule has 5 heteroatoms. The molecule has 1 aliphatic heterocycles. The highest BCUT2D eigenvalue weighted by molar-refractivity contribution is 9.10. The first-order valence-corrected chi connectivity index (χ1v) is 8.26. The molecule has 0 saturated heterocycles. The van der Waals surface area contributed by atoms with Crippen LogP contribution in [0, 0.1) is 5.82 Å². The lowest BCUT2D eigenvalue weighted by Gasteiger charge is -2.21. The Labute approximate surface area is 140 Å². The fourth-order valence-electron chi connectivity index (χ4n) is 2.73. The molecule has 1 aliphatic rings. The Hall–Kier alpha value is -0.910. The summed E-state index contributed by atoms with van der Waals surface area (Å²) in [6, 6.07) is 9.14. The molecular formula is C16H14Br2FNO. The fraction of sp³-hybridized carbons (Fsp3) is 0.250. The van der Waals surface area contributed by atoms with Crippen LogP contribution in [0.5, 0.6) is 5.75 Å². The van der Waals surface area contributed by atoms with Gasteiger partial charge >= 0.3 is 0 Å². The molecule has 0 saturated carbocycles. The average molecular weight is 415 g/mol. The van der Waals surface area contributed by atoms with E-state index in [2.05, 4.69) is 43.2 Å². The number of fused-ring (bicyclic) bond motifs is 1. The predicted molar refractivity (Wildman–Crippen MR) is 88.3 cm³/mol. The molecular weight excluding hydrogens is 401 g/mol. The van der Waals surface area contributed by atoms with Gasteiger partial charge in [-0.2, -0.15) is 0 Å². The number of nitrogens with one attached hydrogen (secondary N) is 1. The Morgan fingerprint density at radius 2 is 2.05 bits per heavy atom. The number of hydrogen-bond acceptors (Lipinski definition) is 2. The van der Waals surface area contributed by atoms with Crippen LogP contribution in [0.3, 0.4) is 0 Å². The van der Waals surface area contributed by atoms with Gasteiger partial charge in [-0.3, -0.25) is 0 Å². The minimum Gasteiger partial charge on any atom is -0.493 e. The van der Waals surface area contributed by atoms with Crippen LogP contribution in [0.1, 0.15) is 22.7 Å². The highest BCUT2D eigenvalue weighted by Crippen LogP contribution is 2.39. The quantitative estimate of drug-likeness (QED) is 0.792. The molecule has 21 heavy (non-hydrogen) atoms. The van der Waals surface area contributed by atoms with Gasteiger partial charge in [0.1, 0.15) is 11.6 Å². The Kier molecular flexibility index (Phi) is 4.33. The summed E-state index contributed by atoms with van der Waals surface area (Å²) in [4.78, 5) is 0. The highest BCUT2D eigenvalue weighted by Gasteiger charge is 2.25. The van der Waals surface area contributed by atoms with E-state index < -0.39 is 0 Å². The van der Waals surface area contributed by atoms with Gasteiger partial charge in [-0.15, -0.1) is 0 Å². The largest absolute Gasteiger partial charge is 0.493 e. The van der Waals surface area contributed by atoms with Gasteiger partial charge in [0.2, 0.25) is 0 Å². The second kappa shape index (κ2) is 6.07. The molecule has 1 heterocycles. The van der Waals surface area contributed by atoms with Gasteiger partial charge in [0, 0.05) is 22.0 Å². The molecule has 0 aromatic heterocycles. The van der Waals surface area contributed by atoms with Crippen molar-refractivity contribution in [3.8, 4) is 5.75 Å². The number of rotatable bonds is 3. The molecule has 2 nitrogen and oxygen atoms in total. The molecule has 0 bridgehead atoms. The van der Waals surface area contributed by atoms with Gasteiger partial charge in [0.15, 0.2) is 0 Å². The lowest BCUT2D eigenvalue weighted by Crippen LogP contribution is -2.20. The van der Waals surface area contributed by atoms with Crippen LogP contribution in [-0.4, -0.2) is 13.7 Å². The van der Waals surface area contributed by atoms with Gasteiger partial charge in [-0.05, 0) is 46.7 Å². The van der Waals surface area contributed by atoms with E-state index in [9.17, 15) is 4.39 Å². The zero-order chi connectivity index (χ0) is 15.0. The smallest absolute Gasteiger partial charge is 0.142 e. The molecule has 2 aromatic carbocycles. The zero-order valence-corrected chi connectivity index (χ0v) is 14.6. The van der Waals surface area contributed by atoms with Crippen molar-refractivity contribution in [2.75, 3.05) is 13.7 Å². The molecule has 0 amide bonds. The van der Waals surface area contributed by atoms with Crippen molar-refractivity contribution >= 4 is 31.9 Å². The number of hydrogen-bond donors (Lipinski definition) is 1. The molecule has 1 unspecified atom stereocenters. The van der Waals surface area contributed by atoms with Gasteiger partial charge in [-0.1, -0.05) is 28.1 Å². The molecule has 3 rings (SSSR count). The normalized spacial score (nSPS) is 14.7. The summed E-state index contributed by atoms with van der Waals surface area (Å²) in [5, 5.41) is 3.20. The third-order valence-corrected chi connectivity index (χ3v) is 4.74. The van der Waals surface area contributed by atoms with Crippen molar-refractivity contribution in [1.29, 1.82) is 0 Å². The maximum absolute atomic E-state index is 14.4. The maximum Gasteiger partial charge on any atom is 0.142 e. The van der Waals surface area contributed by atoms with Crippen LogP contribution in [0.15, 0.2) is 39.3 Å². The van der Waals surface area contributed by atoms with Crippen molar-refractivity contribution in [1.82, 2.24) is 5.32 Å². The second-order valence-electron chi connectivity index (χ2n) is 4.95. The fourth-order valence-corrected chi connectivity index (χ4v) is 3.64. The third-order valence-electron chi connectivity index (χ3n) is 3.67. The van der Waals surface area contributed by atoms with E-state index in [1.807, 2.05) is 19.2 Å². The van der Waals surface area contributed by atoms with Crippen molar-refractivity contribution in [2.45, 2.75) is 12.5 Å². The van der Waals surface area contributed by atoms with Crippen molar-refractivity contribution in [3.05, 3.63) is 61.8 Å². The van der Waals surface area contributed by atoms with E-state index in [0.717, 1.165) is 27.8 Å². The van der Waals surface area contributed by atoms with Gasteiger partial charge in [0.25, 0.3) is 0 Å². The van der Waals surface area contributed by atoms with Crippen molar-refractivity contribution < 1.29 is 9.13 Å². The molecule has 0 spiro atoms. The van der Waals surface area contributed by atoms with E-state index in [1.54, 1.807) is 12.1 Å². The summed E-state index contributed by atoms with van der Waals surface area (Å²) >= 11 is 6.78. The summed E-state index contributed by atoms with van der Waals surface area (Å²) in [5.74, 6) is 0.625. The second-order valence-corrected chi connectivity index (χ2v) is 6.72. The van der Waals surface area contributed by atoms with Crippen LogP contribution in [0.4, 0.5) is 4.39 Å². The topological polar surface area (TPSA) is 21.3 Å². The van der Waals surface area contributed by atoms with Crippen LogP contribution < -0.4 is 10.1 Å². The average Bonchev–Trinajstić information content (AvgIpc) is 2.92. The predicted octanol–water partition coefficient (Wildman–Crippen LogP) is 4.59.